The van der Waals surface area contributed by atoms with Gasteiger partial charge in [-0.15, -0.1) is 0 Å². The molecule has 158 valence electrons. The molecular weight excluding hydrogens is 380 g/mol. The van der Waals surface area contributed by atoms with Gasteiger partial charge in [0.25, 0.3) is 5.91 Å². The number of amides is 2. The van der Waals surface area contributed by atoms with Crippen LogP contribution < -0.4 is 10.6 Å². The number of carbonyl (C=O) groups is 3. The Morgan fingerprint density at radius 1 is 0.967 bits per heavy atom. The van der Waals surface area contributed by atoms with E-state index in [4.69, 9.17) is 4.74 Å². The van der Waals surface area contributed by atoms with E-state index in [0.717, 1.165) is 5.56 Å². The summed E-state index contributed by atoms with van der Waals surface area (Å²) in [5.41, 5.74) is 2.73. The lowest BCUT2D eigenvalue weighted by Crippen LogP contribution is -2.31. The summed E-state index contributed by atoms with van der Waals surface area (Å²) in [5, 5.41) is 5.34. The van der Waals surface area contributed by atoms with Gasteiger partial charge in [0.15, 0.2) is 6.10 Å². The molecule has 0 heterocycles. The van der Waals surface area contributed by atoms with Crippen LogP contribution in [-0.4, -0.2) is 30.4 Å². The molecule has 2 aromatic rings. The minimum atomic E-state index is -0.934. The maximum absolute atomic E-state index is 12.2. The van der Waals surface area contributed by atoms with Crippen LogP contribution in [-0.2, 0) is 19.1 Å². The van der Waals surface area contributed by atoms with Gasteiger partial charge in [-0.1, -0.05) is 56.3 Å². The van der Waals surface area contributed by atoms with Crippen LogP contribution in [0.4, 0.5) is 5.69 Å². The average molecular weight is 408 g/mol. The summed E-state index contributed by atoms with van der Waals surface area (Å²) in [5.74, 6) is -0.859. The zero-order valence-electron chi connectivity index (χ0n) is 17.6. The molecule has 0 saturated carbocycles. The van der Waals surface area contributed by atoms with E-state index in [-0.39, 0.29) is 18.9 Å². The zero-order chi connectivity index (χ0) is 21.9. The molecule has 2 amide bonds. The molecule has 30 heavy (non-hydrogen) atoms. The molecule has 2 rings (SSSR count). The monoisotopic (exact) mass is 408 g/mol. The van der Waals surface area contributed by atoms with Crippen molar-refractivity contribution in [3.05, 3.63) is 71.8 Å². The van der Waals surface area contributed by atoms with Crippen LogP contribution in [0, 0.1) is 0 Å². The van der Waals surface area contributed by atoms with E-state index in [1.165, 1.54) is 18.6 Å². The maximum Gasteiger partial charge on any atom is 0.308 e. The second-order valence-corrected chi connectivity index (χ2v) is 7.18. The number of nitrogens with one attached hydrogen (secondary N) is 2. The van der Waals surface area contributed by atoms with Crippen LogP contribution in [0.5, 0.6) is 0 Å². The van der Waals surface area contributed by atoms with Gasteiger partial charge >= 0.3 is 5.97 Å². The fourth-order valence-electron chi connectivity index (χ4n) is 2.59. The Bertz CT molecular complexity index is 874. The van der Waals surface area contributed by atoms with E-state index < -0.39 is 18.0 Å². The summed E-state index contributed by atoms with van der Waals surface area (Å²) < 4.78 is 5.14. The third-order valence-electron chi connectivity index (χ3n) is 4.38. The molecule has 0 unspecified atom stereocenters. The molecule has 0 aromatic heterocycles. The molecule has 0 spiro atoms. The van der Waals surface area contributed by atoms with Crippen LogP contribution >= 0.6 is 0 Å². The lowest BCUT2D eigenvalue weighted by atomic mass is 10.0. The van der Waals surface area contributed by atoms with Gasteiger partial charge in [0.1, 0.15) is 0 Å². The van der Waals surface area contributed by atoms with E-state index in [2.05, 4.69) is 24.5 Å². The number of carbonyl (C=O) groups excluding carboxylic acids is 3. The van der Waals surface area contributed by atoms with E-state index in [1.807, 2.05) is 54.6 Å². The highest BCUT2D eigenvalue weighted by atomic mass is 16.5. The summed E-state index contributed by atoms with van der Waals surface area (Å²) in [6.45, 7) is 5.83. The van der Waals surface area contributed by atoms with E-state index in [1.54, 1.807) is 6.08 Å². The highest BCUT2D eigenvalue weighted by Crippen LogP contribution is 2.17. The molecule has 1 atom stereocenters. The van der Waals surface area contributed by atoms with Crippen LogP contribution in [0.15, 0.2) is 60.7 Å². The Kier molecular flexibility index (Phi) is 8.81. The molecule has 0 aliphatic rings. The van der Waals surface area contributed by atoms with Crippen molar-refractivity contribution in [3.8, 4) is 0 Å². The quantitative estimate of drug-likeness (QED) is 0.487. The normalized spacial score (nSPS) is 11.9. The van der Waals surface area contributed by atoms with Gasteiger partial charge in [0.2, 0.25) is 5.91 Å². The van der Waals surface area contributed by atoms with Crippen molar-refractivity contribution in [2.45, 2.75) is 39.2 Å². The molecule has 0 bridgehead atoms. The number of rotatable bonds is 9. The molecular formula is C24H28N2O4. The van der Waals surface area contributed by atoms with Gasteiger partial charge in [-0.3, -0.25) is 14.4 Å². The first kappa shape index (κ1) is 22.9. The van der Waals surface area contributed by atoms with Crippen LogP contribution in [0.2, 0.25) is 0 Å². The first-order valence-electron chi connectivity index (χ1n) is 9.96. The fraction of sp³-hybridized carbons (Fsp3) is 0.292. The van der Waals surface area contributed by atoms with Crippen molar-refractivity contribution in [1.82, 2.24) is 5.32 Å². The predicted molar refractivity (Wildman–Crippen MR) is 118 cm³/mol. The molecule has 0 fully saturated rings. The summed E-state index contributed by atoms with van der Waals surface area (Å²) in [6.07, 6.45) is 2.14. The SMILES string of the molecule is CC(C)c1ccc(NC(=O)[C@H](C)OC(=O)CCNC(=O)/C=C/c2ccccc2)cc1. The van der Waals surface area contributed by atoms with Crippen molar-refractivity contribution >= 4 is 29.5 Å². The van der Waals surface area contributed by atoms with Crippen molar-refractivity contribution in [1.29, 1.82) is 0 Å². The van der Waals surface area contributed by atoms with Crippen molar-refractivity contribution in [3.63, 3.8) is 0 Å². The lowest BCUT2D eigenvalue weighted by molar-refractivity contribution is -0.153. The first-order valence-corrected chi connectivity index (χ1v) is 9.96. The zero-order valence-corrected chi connectivity index (χ0v) is 17.6. The molecule has 0 aliphatic heterocycles. The molecule has 2 N–H and O–H groups in total. The third-order valence-corrected chi connectivity index (χ3v) is 4.38. The van der Waals surface area contributed by atoms with Gasteiger partial charge in [0.05, 0.1) is 6.42 Å². The number of anilines is 1. The molecule has 0 radical (unpaired) electrons. The number of hydrogen-bond donors (Lipinski definition) is 2. The molecule has 6 nitrogen and oxygen atoms in total. The molecule has 0 aliphatic carbocycles. The minimum Gasteiger partial charge on any atom is -0.452 e. The summed E-state index contributed by atoms with van der Waals surface area (Å²) in [4.78, 5) is 35.9. The van der Waals surface area contributed by atoms with Crippen LogP contribution in [0.3, 0.4) is 0 Å². The van der Waals surface area contributed by atoms with Gasteiger partial charge < -0.3 is 15.4 Å². The summed E-state index contributed by atoms with van der Waals surface area (Å²) in [6, 6.07) is 17.0. The summed E-state index contributed by atoms with van der Waals surface area (Å²) >= 11 is 0. The molecule has 0 saturated heterocycles. The van der Waals surface area contributed by atoms with E-state index >= 15 is 0 Å². The Labute approximate surface area is 177 Å². The van der Waals surface area contributed by atoms with Crippen molar-refractivity contribution in [2.75, 3.05) is 11.9 Å². The maximum atomic E-state index is 12.2. The largest absolute Gasteiger partial charge is 0.452 e. The Balaban J connectivity index is 1.70. The van der Waals surface area contributed by atoms with Gasteiger partial charge in [0, 0.05) is 18.3 Å². The standard InChI is InChI=1S/C24H28N2O4/c1-17(2)20-10-12-21(13-11-20)26-24(29)18(3)30-23(28)15-16-25-22(27)14-9-19-7-5-4-6-8-19/h4-14,17-18H,15-16H2,1-3H3,(H,25,27)(H,26,29)/b14-9+/t18-/m0/s1. The topological polar surface area (TPSA) is 84.5 Å². The molecule has 6 heteroatoms. The van der Waals surface area contributed by atoms with Crippen LogP contribution in [0.25, 0.3) is 6.08 Å². The minimum absolute atomic E-state index is 0.0222. The van der Waals surface area contributed by atoms with Gasteiger partial charge in [-0.2, -0.15) is 0 Å². The van der Waals surface area contributed by atoms with Crippen LogP contribution in [0.1, 0.15) is 44.2 Å². The molecule has 2 aromatic carbocycles. The van der Waals surface area contributed by atoms with E-state index in [0.29, 0.717) is 11.6 Å². The van der Waals surface area contributed by atoms with Gasteiger partial charge in [-0.05, 0) is 42.2 Å². The highest BCUT2D eigenvalue weighted by Gasteiger charge is 2.18. The fourth-order valence-corrected chi connectivity index (χ4v) is 2.59. The number of benzene rings is 2. The number of ether oxygens (including phenoxy) is 1. The highest BCUT2D eigenvalue weighted by molar-refractivity contribution is 5.95. The first-order chi connectivity index (χ1) is 14.3. The predicted octanol–water partition coefficient (Wildman–Crippen LogP) is 3.90. The van der Waals surface area contributed by atoms with Gasteiger partial charge in [-0.25, -0.2) is 0 Å². The Morgan fingerprint density at radius 2 is 1.63 bits per heavy atom. The average Bonchev–Trinajstić information content (AvgIpc) is 2.73. The number of hydrogen-bond acceptors (Lipinski definition) is 4. The number of esters is 1. The lowest BCUT2D eigenvalue weighted by Gasteiger charge is -2.14. The third kappa shape index (κ3) is 7.91. The van der Waals surface area contributed by atoms with Crippen molar-refractivity contribution < 1.29 is 19.1 Å². The smallest absolute Gasteiger partial charge is 0.308 e. The second-order valence-electron chi connectivity index (χ2n) is 7.18. The Morgan fingerprint density at radius 3 is 2.27 bits per heavy atom. The summed E-state index contributed by atoms with van der Waals surface area (Å²) in [7, 11) is 0. The Hall–Kier alpha value is -3.41. The van der Waals surface area contributed by atoms with E-state index in [9.17, 15) is 14.4 Å². The second kappa shape index (κ2) is 11.6. The van der Waals surface area contributed by atoms with Crippen molar-refractivity contribution in [2.24, 2.45) is 0 Å².